The van der Waals surface area contributed by atoms with E-state index >= 15 is 0 Å². The Morgan fingerprint density at radius 1 is 1.06 bits per heavy atom. The molecule has 0 amide bonds. The third-order valence-electron chi connectivity index (χ3n) is 3.44. The van der Waals surface area contributed by atoms with E-state index in [-0.39, 0.29) is 13.2 Å². The number of aliphatic hydroxyl groups excluding tert-OH is 4. The van der Waals surface area contributed by atoms with Crippen molar-refractivity contribution in [3.05, 3.63) is 35.9 Å². The van der Waals surface area contributed by atoms with Crippen molar-refractivity contribution in [2.45, 2.75) is 30.9 Å². The van der Waals surface area contributed by atoms with Crippen molar-refractivity contribution in [2.75, 3.05) is 13.2 Å². The molecule has 0 spiro atoms. The van der Waals surface area contributed by atoms with Gasteiger partial charge in [-0.3, -0.25) is 4.90 Å². The summed E-state index contributed by atoms with van der Waals surface area (Å²) in [5.41, 5.74) is 1.03. The number of piperidine rings is 1. The zero-order valence-corrected chi connectivity index (χ0v) is 10.1. The van der Waals surface area contributed by atoms with Crippen LogP contribution in [0.25, 0.3) is 0 Å². The topological polar surface area (TPSA) is 84.2 Å². The Bertz CT molecular complexity index is 373. The van der Waals surface area contributed by atoms with E-state index < -0.39 is 24.4 Å². The molecule has 0 saturated carbocycles. The highest BCUT2D eigenvalue weighted by atomic mass is 16.4. The first-order chi connectivity index (χ1) is 8.63. The van der Waals surface area contributed by atoms with E-state index in [1.165, 1.54) is 0 Å². The summed E-state index contributed by atoms with van der Waals surface area (Å²) in [6.07, 6.45) is -3.33. The second-order valence-electron chi connectivity index (χ2n) is 4.71. The molecule has 2 rings (SSSR count). The average molecular weight is 253 g/mol. The fourth-order valence-electron chi connectivity index (χ4n) is 2.38. The van der Waals surface area contributed by atoms with Gasteiger partial charge in [-0.2, -0.15) is 0 Å². The van der Waals surface area contributed by atoms with Gasteiger partial charge in [-0.15, -0.1) is 0 Å². The van der Waals surface area contributed by atoms with Crippen LogP contribution in [0.15, 0.2) is 30.3 Å². The number of likely N-dealkylation sites (tertiary alicyclic amines) is 1. The van der Waals surface area contributed by atoms with Gasteiger partial charge in [0, 0.05) is 13.1 Å². The van der Waals surface area contributed by atoms with E-state index in [0.717, 1.165) is 5.56 Å². The molecule has 100 valence electrons. The van der Waals surface area contributed by atoms with Crippen molar-refractivity contribution in [2.24, 2.45) is 0 Å². The third kappa shape index (κ3) is 2.71. The molecule has 0 bridgehead atoms. The second kappa shape index (κ2) is 5.77. The molecule has 4 N–H and O–H groups in total. The Morgan fingerprint density at radius 3 is 2.33 bits per heavy atom. The second-order valence-corrected chi connectivity index (χ2v) is 4.71. The molecular weight excluding hydrogens is 234 g/mol. The maximum atomic E-state index is 9.84. The Balaban J connectivity index is 2.10. The molecule has 1 fully saturated rings. The molecule has 18 heavy (non-hydrogen) atoms. The van der Waals surface area contributed by atoms with Crippen LogP contribution >= 0.6 is 0 Å². The number of nitrogens with zero attached hydrogens (tertiary/aromatic N) is 1. The molecule has 5 heteroatoms. The van der Waals surface area contributed by atoms with Gasteiger partial charge in [0.15, 0.2) is 0 Å². The molecule has 1 aromatic carbocycles. The molecule has 1 heterocycles. The molecule has 1 saturated heterocycles. The summed E-state index contributed by atoms with van der Waals surface area (Å²) in [5, 5.41) is 38.4. The van der Waals surface area contributed by atoms with Crippen LogP contribution in [0.2, 0.25) is 0 Å². The Labute approximate surface area is 106 Å². The van der Waals surface area contributed by atoms with Gasteiger partial charge < -0.3 is 20.4 Å². The van der Waals surface area contributed by atoms with Gasteiger partial charge >= 0.3 is 0 Å². The maximum Gasteiger partial charge on any atom is 0.109 e. The van der Waals surface area contributed by atoms with Crippen LogP contribution in [0, 0.1) is 0 Å². The van der Waals surface area contributed by atoms with E-state index in [4.69, 9.17) is 0 Å². The van der Waals surface area contributed by atoms with Crippen LogP contribution in [-0.4, -0.2) is 62.8 Å². The number of β-amino-alcohol motifs (C(OH)–C–C–N with tert-alkyl or cyclic N) is 1. The molecule has 1 aliphatic heterocycles. The summed E-state index contributed by atoms with van der Waals surface area (Å²) in [7, 11) is 0. The molecule has 0 unspecified atom stereocenters. The number of hydrogen-bond acceptors (Lipinski definition) is 5. The van der Waals surface area contributed by atoms with Gasteiger partial charge in [0.2, 0.25) is 0 Å². The normalized spacial score (nSPS) is 33.6. The third-order valence-corrected chi connectivity index (χ3v) is 3.44. The summed E-state index contributed by atoms with van der Waals surface area (Å²) in [6, 6.07) is 9.07. The lowest BCUT2D eigenvalue weighted by Gasteiger charge is -2.43. The van der Waals surface area contributed by atoms with Crippen LogP contribution in [0.3, 0.4) is 0 Å². The quantitative estimate of drug-likeness (QED) is 0.552. The first-order valence-electron chi connectivity index (χ1n) is 6.06. The fourth-order valence-corrected chi connectivity index (χ4v) is 2.38. The number of rotatable bonds is 3. The first kappa shape index (κ1) is 13.5. The summed E-state index contributed by atoms with van der Waals surface area (Å²) >= 11 is 0. The molecule has 1 aliphatic rings. The van der Waals surface area contributed by atoms with Crippen molar-refractivity contribution >= 4 is 0 Å². The minimum Gasteiger partial charge on any atom is -0.395 e. The minimum atomic E-state index is -1.20. The fraction of sp³-hybridized carbons (Fsp3) is 0.538. The van der Waals surface area contributed by atoms with Crippen molar-refractivity contribution in [1.82, 2.24) is 4.90 Å². The van der Waals surface area contributed by atoms with Crippen LogP contribution < -0.4 is 0 Å². The summed E-state index contributed by atoms with van der Waals surface area (Å²) in [5.74, 6) is 0. The molecule has 0 radical (unpaired) electrons. The SMILES string of the molecule is OC[C@H]1[C@@H](O)[C@H](O)[C@@H](O)CN1Cc1ccccc1. The Morgan fingerprint density at radius 2 is 1.72 bits per heavy atom. The summed E-state index contributed by atoms with van der Waals surface area (Å²) in [4.78, 5) is 1.79. The molecule has 5 nitrogen and oxygen atoms in total. The summed E-state index contributed by atoms with van der Waals surface area (Å²) < 4.78 is 0. The Hall–Kier alpha value is -0.980. The van der Waals surface area contributed by atoms with Crippen molar-refractivity contribution in [3.63, 3.8) is 0 Å². The molecule has 1 aromatic rings. The average Bonchev–Trinajstić information content (AvgIpc) is 2.38. The lowest BCUT2D eigenvalue weighted by Crippen LogP contribution is -2.62. The van der Waals surface area contributed by atoms with Crippen molar-refractivity contribution in [3.8, 4) is 0 Å². The first-order valence-corrected chi connectivity index (χ1v) is 6.06. The van der Waals surface area contributed by atoms with Gasteiger partial charge in [0.25, 0.3) is 0 Å². The molecular formula is C13H19NO4. The van der Waals surface area contributed by atoms with Gasteiger partial charge in [0.05, 0.1) is 18.8 Å². The van der Waals surface area contributed by atoms with Crippen molar-refractivity contribution < 1.29 is 20.4 Å². The van der Waals surface area contributed by atoms with E-state index in [0.29, 0.717) is 6.54 Å². The van der Waals surface area contributed by atoms with Crippen molar-refractivity contribution in [1.29, 1.82) is 0 Å². The van der Waals surface area contributed by atoms with E-state index in [2.05, 4.69) is 0 Å². The largest absolute Gasteiger partial charge is 0.395 e. The Kier molecular flexibility index (Phi) is 4.31. The maximum absolute atomic E-state index is 9.84. The predicted octanol–water partition coefficient (Wildman–Crippen LogP) is -1.05. The standard InChI is InChI=1S/C13H19NO4/c15-8-10-12(17)13(18)11(16)7-14(10)6-9-4-2-1-3-5-9/h1-5,10-13,15-18H,6-8H2/t10-,11-,12+,13+/m0/s1. The van der Waals surface area contributed by atoms with E-state index in [9.17, 15) is 20.4 Å². The van der Waals surface area contributed by atoms with Gasteiger partial charge in [-0.25, -0.2) is 0 Å². The number of aliphatic hydroxyl groups is 4. The lowest BCUT2D eigenvalue weighted by molar-refractivity contribution is -0.147. The minimum absolute atomic E-state index is 0.234. The van der Waals surface area contributed by atoms with E-state index in [1.807, 2.05) is 30.3 Å². The highest BCUT2D eigenvalue weighted by Gasteiger charge is 2.40. The molecule has 4 atom stereocenters. The van der Waals surface area contributed by atoms with Crippen LogP contribution in [0.4, 0.5) is 0 Å². The van der Waals surface area contributed by atoms with Crippen LogP contribution in [0.5, 0.6) is 0 Å². The molecule has 0 aliphatic carbocycles. The van der Waals surface area contributed by atoms with Crippen LogP contribution in [-0.2, 0) is 6.54 Å². The van der Waals surface area contributed by atoms with E-state index in [1.54, 1.807) is 4.90 Å². The zero-order chi connectivity index (χ0) is 13.1. The number of benzene rings is 1. The lowest BCUT2D eigenvalue weighted by atomic mass is 9.94. The highest BCUT2D eigenvalue weighted by molar-refractivity contribution is 5.15. The zero-order valence-electron chi connectivity index (χ0n) is 10.1. The monoisotopic (exact) mass is 253 g/mol. The van der Waals surface area contributed by atoms with Gasteiger partial charge in [0.1, 0.15) is 12.2 Å². The smallest absolute Gasteiger partial charge is 0.109 e. The predicted molar refractivity (Wildman–Crippen MR) is 65.7 cm³/mol. The van der Waals surface area contributed by atoms with Gasteiger partial charge in [-0.1, -0.05) is 30.3 Å². The highest BCUT2D eigenvalue weighted by Crippen LogP contribution is 2.21. The number of hydrogen-bond donors (Lipinski definition) is 4. The molecule has 0 aromatic heterocycles. The van der Waals surface area contributed by atoms with Crippen LogP contribution in [0.1, 0.15) is 5.56 Å². The van der Waals surface area contributed by atoms with Gasteiger partial charge in [-0.05, 0) is 5.56 Å². The summed E-state index contributed by atoms with van der Waals surface area (Å²) in [6.45, 7) is 0.503.